The van der Waals surface area contributed by atoms with Crippen LogP contribution in [0.1, 0.15) is 23.1 Å². The first kappa shape index (κ1) is 21.7. The van der Waals surface area contributed by atoms with Crippen LogP contribution in [0.5, 0.6) is 5.75 Å². The molecule has 0 amide bonds. The van der Waals surface area contributed by atoms with Gasteiger partial charge in [0.2, 0.25) is 10.0 Å². The molecule has 0 atom stereocenters. The Kier molecular flexibility index (Phi) is 7.30. The molecular formula is C18H19Br2NO5S. The molecular weight excluding hydrogens is 502 g/mol. The van der Waals surface area contributed by atoms with Gasteiger partial charge in [-0.1, -0.05) is 12.1 Å². The smallest absolute Gasteiger partial charge is 0.303 e. The first-order valence-corrected chi connectivity index (χ1v) is 11.4. The number of carbonyl (C=O) groups is 1. The minimum Gasteiger partial charge on any atom is -0.487 e. The molecule has 0 aliphatic rings. The van der Waals surface area contributed by atoms with Crippen molar-refractivity contribution in [1.29, 1.82) is 0 Å². The van der Waals surface area contributed by atoms with Gasteiger partial charge in [0.25, 0.3) is 0 Å². The summed E-state index contributed by atoms with van der Waals surface area (Å²) >= 11 is 6.91. The predicted molar refractivity (Wildman–Crippen MR) is 112 cm³/mol. The minimum atomic E-state index is -3.36. The molecule has 0 bridgehead atoms. The van der Waals surface area contributed by atoms with Crippen molar-refractivity contribution in [2.45, 2.75) is 26.4 Å². The van der Waals surface area contributed by atoms with Crippen molar-refractivity contribution in [1.82, 2.24) is 0 Å². The molecule has 2 rings (SSSR count). The third-order valence-corrected chi connectivity index (χ3v) is 5.57. The summed E-state index contributed by atoms with van der Waals surface area (Å²) in [4.78, 5) is 10.7. The molecule has 0 aliphatic carbocycles. The zero-order valence-corrected chi connectivity index (χ0v) is 18.7. The highest BCUT2D eigenvalue weighted by atomic mass is 79.9. The molecule has 0 radical (unpaired) electrons. The van der Waals surface area contributed by atoms with E-state index in [0.717, 1.165) is 22.9 Å². The van der Waals surface area contributed by atoms with Crippen LogP contribution in [0.15, 0.2) is 39.3 Å². The summed E-state index contributed by atoms with van der Waals surface area (Å²) in [5, 5.41) is 8.81. The topological polar surface area (TPSA) is 92.7 Å². The van der Waals surface area contributed by atoms with Gasteiger partial charge in [-0.15, -0.1) is 0 Å². The third-order valence-electron chi connectivity index (χ3n) is 3.80. The number of ether oxygens (including phenoxy) is 1. The van der Waals surface area contributed by atoms with Crippen LogP contribution in [0, 0.1) is 6.92 Å². The van der Waals surface area contributed by atoms with Crippen molar-refractivity contribution < 1.29 is 23.1 Å². The number of nitrogens with one attached hydrogen (secondary N) is 1. The number of aryl methyl sites for hydroxylation is 1. The van der Waals surface area contributed by atoms with Crippen molar-refractivity contribution in [3.05, 3.63) is 56.0 Å². The Morgan fingerprint density at radius 2 is 1.85 bits per heavy atom. The van der Waals surface area contributed by atoms with E-state index >= 15 is 0 Å². The lowest BCUT2D eigenvalue weighted by Gasteiger charge is -2.15. The first-order chi connectivity index (χ1) is 12.6. The molecule has 0 aliphatic heterocycles. The van der Waals surface area contributed by atoms with Gasteiger partial charge >= 0.3 is 5.97 Å². The lowest BCUT2D eigenvalue weighted by molar-refractivity contribution is -0.136. The molecule has 0 spiro atoms. The predicted octanol–water partition coefficient (Wildman–Crippen LogP) is 4.49. The highest BCUT2D eigenvalue weighted by Gasteiger charge is 2.13. The molecule has 6 nitrogen and oxygen atoms in total. The monoisotopic (exact) mass is 519 g/mol. The van der Waals surface area contributed by atoms with E-state index in [1.54, 1.807) is 12.1 Å². The van der Waals surface area contributed by atoms with E-state index in [4.69, 9.17) is 9.84 Å². The van der Waals surface area contributed by atoms with E-state index in [1.807, 2.05) is 25.1 Å². The van der Waals surface area contributed by atoms with Gasteiger partial charge in [-0.2, -0.15) is 0 Å². The lowest BCUT2D eigenvalue weighted by Crippen LogP contribution is -2.11. The van der Waals surface area contributed by atoms with E-state index < -0.39 is 16.0 Å². The average molecular weight is 521 g/mol. The normalized spacial score (nSPS) is 11.3. The van der Waals surface area contributed by atoms with E-state index in [0.29, 0.717) is 26.8 Å². The molecule has 9 heteroatoms. The number of sulfonamides is 1. The van der Waals surface area contributed by atoms with Gasteiger partial charge in [-0.3, -0.25) is 9.52 Å². The van der Waals surface area contributed by atoms with Crippen LogP contribution in [0.2, 0.25) is 0 Å². The number of anilines is 1. The fourth-order valence-corrected chi connectivity index (χ4v) is 4.58. The Hall–Kier alpha value is -1.58. The number of carboxylic acids is 1. The quantitative estimate of drug-likeness (QED) is 0.535. The maximum absolute atomic E-state index is 11.5. The maximum atomic E-state index is 11.5. The van der Waals surface area contributed by atoms with E-state index in [2.05, 4.69) is 36.6 Å². The Balaban J connectivity index is 2.17. The van der Waals surface area contributed by atoms with Crippen LogP contribution in [0.4, 0.5) is 5.69 Å². The largest absolute Gasteiger partial charge is 0.487 e. The van der Waals surface area contributed by atoms with Crippen molar-refractivity contribution in [2.24, 2.45) is 0 Å². The van der Waals surface area contributed by atoms with Gasteiger partial charge < -0.3 is 9.84 Å². The third kappa shape index (κ3) is 6.51. The fraction of sp³-hybridized carbons (Fsp3) is 0.278. The summed E-state index contributed by atoms with van der Waals surface area (Å²) in [7, 11) is -3.36. The van der Waals surface area contributed by atoms with Crippen molar-refractivity contribution in [2.75, 3.05) is 11.0 Å². The van der Waals surface area contributed by atoms with E-state index in [1.165, 1.54) is 0 Å². The maximum Gasteiger partial charge on any atom is 0.303 e. The Bertz CT molecular complexity index is 937. The second-order valence-electron chi connectivity index (χ2n) is 6.03. The van der Waals surface area contributed by atoms with Gasteiger partial charge in [0, 0.05) is 6.42 Å². The van der Waals surface area contributed by atoms with E-state index in [-0.39, 0.29) is 13.0 Å². The van der Waals surface area contributed by atoms with Gasteiger partial charge in [-0.05, 0) is 80.1 Å². The van der Waals surface area contributed by atoms with Crippen molar-refractivity contribution in [3.63, 3.8) is 0 Å². The number of hydrogen-bond acceptors (Lipinski definition) is 4. The molecule has 0 heterocycles. The molecule has 2 aromatic carbocycles. The number of rotatable bonds is 8. The van der Waals surface area contributed by atoms with Gasteiger partial charge in [0.15, 0.2) is 0 Å². The highest BCUT2D eigenvalue weighted by molar-refractivity contribution is 9.11. The molecule has 146 valence electrons. The average Bonchev–Trinajstić information content (AvgIpc) is 2.54. The SMILES string of the molecule is Cc1c(COc2c(Br)cc(CCC(=O)O)cc2Br)cccc1NS(C)(=O)=O. The standard InChI is InChI=1S/C18H19Br2NO5S/c1-11-13(4-3-5-16(11)21-27(2,24)25)10-26-18-14(19)8-12(9-15(18)20)6-7-17(22)23/h3-5,8-9,21H,6-7,10H2,1-2H3,(H,22,23). The van der Waals surface area contributed by atoms with Gasteiger partial charge in [0.1, 0.15) is 12.4 Å². The molecule has 0 saturated heterocycles. The van der Waals surface area contributed by atoms with Crippen LogP contribution >= 0.6 is 31.9 Å². The molecule has 27 heavy (non-hydrogen) atoms. The number of benzene rings is 2. The van der Waals surface area contributed by atoms with Crippen LogP contribution < -0.4 is 9.46 Å². The van der Waals surface area contributed by atoms with Crippen molar-refractivity contribution in [3.8, 4) is 5.75 Å². The Labute approximate surface area is 175 Å². The van der Waals surface area contributed by atoms with Crippen LogP contribution in [0.3, 0.4) is 0 Å². The summed E-state index contributed by atoms with van der Waals surface area (Å²) in [5.74, 6) is -0.254. The Morgan fingerprint density at radius 1 is 1.22 bits per heavy atom. The lowest BCUT2D eigenvalue weighted by atomic mass is 10.1. The zero-order valence-electron chi connectivity index (χ0n) is 14.8. The second-order valence-corrected chi connectivity index (χ2v) is 9.49. The number of halogens is 2. The zero-order chi connectivity index (χ0) is 20.2. The highest BCUT2D eigenvalue weighted by Crippen LogP contribution is 2.36. The summed E-state index contributed by atoms with van der Waals surface area (Å²) in [6, 6.07) is 8.99. The van der Waals surface area contributed by atoms with Crippen molar-refractivity contribution >= 4 is 53.5 Å². The fourth-order valence-electron chi connectivity index (χ4n) is 2.45. The van der Waals surface area contributed by atoms with Crippen LogP contribution in [0.25, 0.3) is 0 Å². The number of aliphatic carboxylic acids is 1. The van der Waals surface area contributed by atoms with Crippen LogP contribution in [-0.2, 0) is 27.8 Å². The van der Waals surface area contributed by atoms with Gasteiger partial charge in [0.05, 0.1) is 20.9 Å². The summed E-state index contributed by atoms with van der Waals surface area (Å²) < 4.78 is 32.8. The number of carboxylic acid groups (broad SMARTS) is 1. The van der Waals surface area contributed by atoms with Crippen LogP contribution in [-0.4, -0.2) is 25.7 Å². The summed E-state index contributed by atoms with van der Waals surface area (Å²) in [5.41, 5.74) is 3.02. The second kappa shape index (κ2) is 9.07. The minimum absolute atomic E-state index is 0.0540. The summed E-state index contributed by atoms with van der Waals surface area (Å²) in [6.07, 6.45) is 1.58. The molecule has 0 aromatic heterocycles. The summed E-state index contributed by atoms with van der Waals surface area (Å²) in [6.45, 7) is 2.07. The Morgan fingerprint density at radius 3 is 2.41 bits per heavy atom. The molecule has 2 N–H and O–H groups in total. The number of hydrogen-bond donors (Lipinski definition) is 2. The molecule has 0 saturated carbocycles. The molecule has 2 aromatic rings. The first-order valence-electron chi connectivity index (χ1n) is 7.95. The molecule has 0 unspecified atom stereocenters. The van der Waals surface area contributed by atoms with Gasteiger partial charge in [-0.25, -0.2) is 8.42 Å². The molecule has 0 fully saturated rings. The van der Waals surface area contributed by atoms with E-state index in [9.17, 15) is 13.2 Å².